The highest BCUT2D eigenvalue weighted by molar-refractivity contribution is 9.10. The summed E-state index contributed by atoms with van der Waals surface area (Å²) in [6, 6.07) is 4.37. The smallest absolute Gasteiger partial charge is 0.278 e. The summed E-state index contributed by atoms with van der Waals surface area (Å²) in [6.45, 7) is 0. The van der Waals surface area contributed by atoms with Crippen molar-refractivity contribution in [3.05, 3.63) is 52.3 Å². The van der Waals surface area contributed by atoms with Crippen molar-refractivity contribution in [3.63, 3.8) is 0 Å². The van der Waals surface area contributed by atoms with Crippen LogP contribution < -0.4 is 5.32 Å². The highest BCUT2D eigenvalue weighted by atomic mass is 79.9. The van der Waals surface area contributed by atoms with Gasteiger partial charge in [-0.25, -0.2) is 13.8 Å². The lowest BCUT2D eigenvalue weighted by Crippen LogP contribution is -2.15. The van der Waals surface area contributed by atoms with E-state index in [1.54, 1.807) is 0 Å². The monoisotopic (exact) mass is 328 g/mol. The maximum atomic E-state index is 13.5. The van der Waals surface area contributed by atoms with Crippen LogP contribution in [0.5, 0.6) is 5.75 Å². The molecule has 2 rings (SSSR count). The highest BCUT2D eigenvalue weighted by Crippen LogP contribution is 2.27. The number of carbonyl (C=O) groups excluding carboxylic acids is 1. The molecule has 0 atom stereocenters. The van der Waals surface area contributed by atoms with E-state index in [2.05, 4.69) is 26.2 Å². The topological polar surface area (TPSA) is 62.2 Å². The number of pyridine rings is 1. The first-order valence-electron chi connectivity index (χ1n) is 5.09. The molecule has 4 nitrogen and oxygen atoms in total. The number of halogens is 3. The van der Waals surface area contributed by atoms with Crippen LogP contribution in [0.4, 0.5) is 14.5 Å². The van der Waals surface area contributed by atoms with Crippen LogP contribution >= 0.6 is 15.9 Å². The number of aromatic hydroxyl groups is 1. The van der Waals surface area contributed by atoms with E-state index >= 15 is 0 Å². The third-order valence-corrected chi connectivity index (χ3v) is 2.87. The van der Waals surface area contributed by atoms with Crippen molar-refractivity contribution in [2.24, 2.45) is 0 Å². The van der Waals surface area contributed by atoms with E-state index in [0.29, 0.717) is 6.07 Å². The predicted octanol–water partition coefficient (Wildman–Crippen LogP) is 3.08. The first kappa shape index (κ1) is 13.4. The minimum absolute atomic E-state index is 0.0498. The van der Waals surface area contributed by atoms with Crippen molar-refractivity contribution in [2.45, 2.75) is 0 Å². The molecule has 1 aromatic carbocycles. The number of anilines is 1. The van der Waals surface area contributed by atoms with E-state index < -0.39 is 17.5 Å². The standard InChI is InChI=1S/C12H7BrF2N2O2/c13-7-4-6(14)5-8(15)10(7)17-12(19)11-9(18)2-1-3-16-11/h1-5,18H,(H,17,19). The van der Waals surface area contributed by atoms with Gasteiger partial charge in [-0.15, -0.1) is 0 Å². The SMILES string of the molecule is O=C(Nc1c(F)cc(F)cc1Br)c1ncccc1O. The van der Waals surface area contributed by atoms with Gasteiger partial charge in [-0.2, -0.15) is 0 Å². The fourth-order valence-corrected chi connectivity index (χ4v) is 1.91. The van der Waals surface area contributed by atoms with Crippen LogP contribution in [0.1, 0.15) is 10.5 Å². The van der Waals surface area contributed by atoms with E-state index in [4.69, 9.17) is 0 Å². The first-order valence-corrected chi connectivity index (χ1v) is 5.88. The molecule has 0 aliphatic rings. The Bertz CT molecular complexity index is 626. The van der Waals surface area contributed by atoms with Crippen LogP contribution in [-0.4, -0.2) is 16.0 Å². The fourth-order valence-electron chi connectivity index (χ4n) is 1.41. The zero-order chi connectivity index (χ0) is 14.0. The summed E-state index contributed by atoms with van der Waals surface area (Å²) < 4.78 is 26.5. The second-order valence-corrected chi connectivity index (χ2v) is 4.42. The van der Waals surface area contributed by atoms with Gasteiger partial charge < -0.3 is 10.4 Å². The van der Waals surface area contributed by atoms with E-state index in [9.17, 15) is 18.7 Å². The molecule has 2 N–H and O–H groups in total. The van der Waals surface area contributed by atoms with Crippen LogP contribution in [0.15, 0.2) is 34.9 Å². The van der Waals surface area contributed by atoms with Gasteiger partial charge in [0, 0.05) is 16.7 Å². The molecular weight excluding hydrogens is 322 g/mol. The van der Waals surface area contributed by atoms with E-state index in [-0.39, 0.29) is 21.6 Å². The van der Waals surface area contributed by atoms with Gasteiger partial charge in [-0.1, -0.05) is 0 Å². The molecule has 0 bridgehead atoms. The number of hydrogen-bond donors (Lipinski definition) is 2. The number of amides is 1. The normalized spacial score (nSPS) is 10.3. The summed E-state index contributed by atoms with van der Waals surface area (Å²) in [4.78, 5) is 15.5. The van der Waals surface area contributed by atoms with Gasteiger partial charge in [-0.3, -0.25) is 4.79 Å². The average Bonchev–Trinajstić information content (AvgIpc) is 2.34. The minimum atomic E-state index is -0.935. The second kappa shape index (κ2) is 5.31. The summed E-state index contributed by atoms with van der Waals surface area (Å²) in [5.41, 5.74) is -0.477. The number of carbonyl (C=O) groups is 1. The number of benzene rings is 1. The highest BCUT2D eigenvalue weighted by Gasteiger charge is 2.17. The molecule has 98 valence electrons. The minimum Gasteiger partial charge on any atom is -0.505 e. The van der Waals surface area contributed by atoms with Gasteiger partial charge in [0.1, 0.15) is 11.6 Å². The predicted molar refractivity (Wildman–Crippen MR) is 67.9 cm³/mol. The van der Waals surface area contributed by atoms with Crippen molar-refractivity contribution in [1.82, 2.24) is 4.98 Å². The lowest BCUT2D eigenvalue weighted by atomic mass is 10.2. The molecule has 0 saturated carbocycles. The van der Waals surface area contributed by atoms with Crippen molar-refractivity contribution in [2.75, 3.05) is 5.32 Å². The zero-order valence-electron chi connectivity index (χ0n) is 9.32. The maximum absolute atomic E-state index is 13.5. The first-order chi connectivity index (χ1) is 8.99. The number of rotatable bonds is 2. The average molecular weight is 329 g/mol. The van der Waals surface area contributed by atoms with Crippen LogP contribution in [0, 0.1) is 11.6 Å². The third kappa shape index (κ3) is 2.87. The Morgan fingerprint density at radius 1 is 1.37 bits per heavy atom. The van der Waals surface area contributed by atoms with Crippen molar-refractivity contribution < 1.29 is 18.7 Å². The molecule has 0 spiro atoms. The zero-order valence-corrected chi connectivity index (χ0v) is 10.9. The molecule has 19 heavy (non-hydrogen) atoms. The quantitative estimate of drug-likeness (QED) is 0.890. The number of aromatic nitrogens is 1. The lowest BCUT2D eigenvalue weighted by molar-refractivity contribution is 0.101. The molecule has 0 radical (unpaired) electrons. The second-order valence-electron chi connectivity index (χ2n) is 3.57. The molecule has 0 saturated heterocycles. The van der Waals surface area contributed by atoms with E-state index in [1.807, 2.05) is 0 Å². The van der Waals surface area contributed by atoms with Gasteiger partial charge >= 0.3 is 0 Å². The molecule has 2 aromatic rings. The van der Waals surface area contributed by atoms with Crippen molar-refractivity contribution in [3.8, 4) is 5.75 Å². The fraction of sp³-hybridized carbons (Fsp3) is 0. The van der Waals surface area contributed by atoms with Gasteiger partial charge in [0.2, 0.25) is 0 Å². The van der Waals surface area contributed by atoms with E-state index in [1.165, 1.54) is 18.3 Å². The van der Waals surface area contributed by atoms with Crippen molar-refractivity contribution in [1.29, 1.82) is 0 Å². The summed E-state index contributed by atoms with van der Waals surface area (Å²) >= 11 is 2.94. The van der Waals surface area contributed by atoms with Gasteiger partial charge in [-0.05, 0) is 34.1 Å². The summed E-state index contributed by atoms with van der Waals surface area (Å²) in [5.74, 6) is -2.85. The summed E-state index contributed by atoms with van der Waals surface area (Å²) in [5, 5.41) is 11.7. The van der Waals surface area contributed by atoms with Crippen LogP contribution in [0.3, 0.4) is 0 Å². The van der Waals surface area contributed by atoms with Gasteiger partial charge in [0.05, 0.1) is 5.69 Å². The molecule has 0 aliphatic heterocycles. The Morgan fingerprint density at radius 2 is 2.11 bits per heavy atom. The Morgan fingerprint density at radius 3 is 2.74 bits per heavy atom. The largest absolute Gasteiger partial charge is 0.505 e. The third-order valence-electron chi connectivity index (χ3n) is 2.25. The Kier molecular flexibility index (Phi) is 3.75. The van der Waals surface area contributed by atoms with Crippen LogP contribution in [-0.2, 0) is 0 Å². The maximum Gasteiger partial charge on any atom is 0.278 e. The molecule has 1 amide bonds. The van der Waals surface area contributed by atoms with E-state index in [0.717, 1.165) is 6.07 Å². The summed E-state index contributed by atoms with van der Waals surface area (Å²) in [6.07, 6.45) is 1.31. The molecule has 7 heteroatoms. The lowest BCUT2D eigenvalue weighted by Gasteiger charge is -2.09. The Labute approximate surface area is 115 Å². The number of nitrogens with zero attached hydrogens (tertiary/aromatic N) is 1. The van der Waals surface area contributed by atoms with Crippen molar-refractivity contribution >= 4 is 27.5 Å². The van der Waals surface area contributed by atoms with Gasteiger partial charge in [0.15, 0.2) is 11.5 Å². The molecular formula is C12H7BrF2N2O2. The molecule has 0 aliphatic carbocycles. The van der Waals surface area contributed by atoms with Gasteiger partial charge in [0.25, 0.3) is 5.91 Å². The molecule has 1 aromatic heterocycles. The molecule has 0 unspecified atom stereocenters. The van der Waals surface area contributed by atoms with Crippen LogP contribution in [0.25, 0.3) is 0 Å². The molecule has 0 fully saturated rings. The van der Waals surface area contributed by atoms with Crippen LogP contribution in [0.2, 0.25) is 0 Å². The number of hydrogen-bond acceptors (Lipinski definition) is 3. The molecule has 1 heterocycles. The summed E-state index contributed by atoms with van der Waals surface area (Å²) in [7, 11) is 0. The Balaban J connectivity index is 2.32. The number of nitrogens with one attached hydrogen (secondary N) is 1. The Hall–Kier alpha value is -2.02.